The van der Waals surface area contributed by atoms with Gasteiger partial charge in [-0.15, -0.1) is 0 Å². The van der Waals surface area contributed by atoms with Crippen molar-refractivity contribution in [3.05, 3.63) is 106 Å². The molecule has 1 amide bonds. The number of nitrogens with zero attached hydrogens (tertiary/aromatic N) is 3. The van der Waals surface area contributed by atoms with Crippen molar-refractivity contribution in [2.45, 2.75) is 32.4 Å². The van der Waals surface area contributed by atoms with E-state index >= 15 is 0 Å². The van der Waals surface area contributed by atoms with Crippen LogP contribution in [0.3, 0.4) is 0 Å². The molecule has 2 N–H and O–H groups in total. The average Bonchev–Trinajstić information content (AvgIpc) is 3.50. The maximum Gasteiger partial charge on any atom is 0.224 e. The molecule has 2 atom stereocenters. The van der Waals surface area contributed by atoms with Crippen LogP contribution in [0.2, 0.25) is 10.0 Å². The summed E-state index contributed by atoms with van der Waals surface area (Å²) in [4.78, 5) is 18.7. The van der Waals surface area contributed by atoms with Crippen molar-refractivity contribution in [1.82, 2.24) is 14.9 Å². The van der Waals surface area contributed by atoms with Gasteiger partial charge in [-0.05, 0) is 85.4 Å². The molecule has 3 heterocycles. The van der Waals surface area contributed by atoms with Gasteiger partial charge in [-0.3, -0.25) is 9.78 Å². The van der Waals surface area contributed by atoms with Crippen LogP contribution in [-0.2, 0) is 4.79 Å². The Morgan fingerprint density at radius 2 is 1.95 bits per heavy atom. The molecule has 0 unspecified atom stereocenters. The zero-order valence-corrected chi connectivity index (χ0v) is 22.6. The minimum Gasteiger partial charge on any atom is -0.351 e. The number of aromatic nitrogens is 2. The van der Waals surface area contributed by atoms with Crippen molar-refractivity contribution in [3.63, 3.8) is 0 Å². The monoisotopic (exact) mass is 549 g/mol. The first-order valence-corrected chi connectivity index (χ1v) is 13.1. The highest BCUT2D eigenvalue weighted by atomic mass is 35.5. The minimum absolute atomic E-state index is 0.0278. The van der Waals surface area contributed by atoms with E-state index in [-0.39, 0.29) is 18.0 Å². The number of carbonyl (C=O) groups excluding carboxylic acids is 1. The van der Waals surface area contributed by atoms with Gasteiger partial charge in [-0.2, -0.15) is 0 Å². The van der Waals surface area contributed by atoms with Crippen LogP contribution >= 0.6 is 35.4 Å². The fourth-order valence-corrected chi connectivity index (χ4v) is 5.49. The summed E-state index contributed by atoms with van der Waals surface area (Å²) in [5.74, 6) is -0.0278. The summed E-state index contributed by atoms with van der Waals surface area (Å²) in [5, 5.41) is 8.16. The molecule has 1 saturated heterocycles. The standard InChI is InChI=1S/C28H25Cl2N5OS/c1-3-25(36)32-21-11-10-19(15-17(21)2)35-27(26(33-28(35)37)22-7-4-5-13-31-22)24-8-6-14-34(24)23-12-9-18(29)16-20(23)30/h4-16,26-27H,3H2,1-2H3,(H,32,36)(H,33,37)/t26-,27-/m0/s1. The molecule has 37 heavy (non-hydrogen) atoms. The Morgan fingerprint density at radius 3 is 2.65 bits per heavy atom. The molecule has 9 heteroatoms. The van der Waals surface area contributed by atoms with Crippen molar-refractivity contribution < 1.29 is 4.79 Å². The van der Waals surface area contributed by atoms with Crippen molar-refractivity contribution in [2.75, 3.05) is 10.2 Å². The zero-order valence-electron chi connectivity index (χ0n) is 20.3. The largest absolute Gasteiger partial charge is 0.351 e. The maximum atomic E-state index is 12.0. The van der Waals surface area contributed by atoms with Crippen LogP contribution < -0.4 is 15.5 Å². The molecule has 2 aromatic heterocycles. The molecule has 0 spiro atoms. The van der Waals surface area contributed by atoms with E-state index in [0.29, 0.717) is 21.6 Å². The second-order valence-corrected chi connectivity index (χ2v) is 10.0. The van der Waals surface area contributed by atoms with Crippen molar-refractivity contribution in [3.8, 4) is 5.69 Å². The van der Waals surface area contributed by atoms with Crippen LogP contribution in [0.5, 0.6) is 0 Å². The van der Waals surface area contributed by atoms with Gasteiger partial charge in [-0.1, -0.05) is 36.2 Å². The lowest BCUT2D eigenvalue weighted by Gasteiger charge is -2.29. The van der Waals surface area contributed by atoms with E-state index in [9.17, 15) is 4.79 Å². The lowest BCUT2D eigenvalue weighted by atomic mass is 10.00. The quantitative estimate of drug-likeness (QED) is 0.253. The molecule has 188 valence electrons. The molecule has 0 aliphatic carbocycles. The summed E-state index contributed by atoms with van der Waals surface area (Å²) in [7, 11) is 0. The van der Waals surface area contributed by atoms with Crippen molar-refractivity contribution in [2.24, 2.45) is 0 Å². The topological polar surface area (TPSA) is 62.2 Å². The number of thiocarbonyl (C=S) groups is 1. The summed E-state index contributed by atoms with van der Waals surface area (Å²) in [6.45, 7) is 3.81. The van der Waals surface area contributed by atoms with Crippen molar-refractivity contribution >= 4 is 57.8 Å². The third-order valence-electron chi connectivity index (χ3n) is 6.43. The van der Waals surface area contributed by atoms with Gasteiger partial charge in [0.25, 0.3) is 0 Å². The molecule has 5 rings (SSSR count). The van der Waals surface area contributed by atoms with E-state index in [1.165, 1.54) is 0 Å². The van der Waals surface area contributed by atoms with E-state index in [1.807, 2.05) is 74.6 Å². The van der Waals surface area contributed by atoms with E-state index in [0.717, 1.165) is 34.0 Å². The van der Waals surface area contributed by atoms with Gasteiger partial charge >= 0.3 is 0 Å². The number of hydrogen-bond donors (Lipinski definition) is 2. The number of pyridine rings is 1. The first-order valence-electron chi connectivity index (χ1n) is 11.9. The summed E-state index contributed by atoms with van der Waals surface area (Å²) in [6, 6.07) is 20.9. The summed E-state index contributed by atoms with van der Waals surface area (Å²) < 4.78 is 2.06. The molecule has 1 aliphatic rings. The molecular formula is C28H25Cl2N5OS. The first kappa shape index (κ1) is 25.3. The Hall–Kier alpha value is -3.39. The summed E-state index contributed by atoms with van der Waals surface area (Å²) in [6.07, 6.45) is 4.18. The average molecular weight is 551 g/mol. The minimum atomic E-state index is -0.236. The third kappa shape index (κ3) is 4.94. The van der Waals surface area contributed by atoms with E-state index in [1.54, 1.807) is 12.3 Å². The fraction of sp³-hybridized carbons (Fsp3) is 0.179. The summed E-state index contributed by atoms with van der Waals surface area (Å²) in [5.41, 5.74) is 5.30. The van der Waals surface area contributed by atoms with Gasteiger partial charge in [-0.25, -0.2) is 0 Å². The smallest absolute Gasteiger partial charge is 0.224 e. The molecular weight excluding hydrogens is 525 g/mol. The number of halogens is 2. The SMILES string of the molecule is CCC(=O)Nc1ccc(N2C(=S)N[C@@H](c3ccccn3)[C@@H]2c2cccn2-c2ccc(Cl)cc2Cl)cc1C. The molecule has 1 aliphatic heterocycles. The number of anilines is 2. The van der Waals surface area contributed by atoms with Crippen molar-refractivity contribution in [1.29, 1.82) is 0 Å². The first-order chi connectivity index (χ1) is 17.9. The lowest BCUT2D eigenvalue weighted by Crippen LogP contribution is -2.30. The molecule has 0 radical (unpaired) electrons. The van der Waals surface area contributed by atoms with Crippen LogP contribution in [0.1, 0.15) is 42.4 Å². The summed E-state index contributed by atoms with van der Waals surface area (Å²) >= 11 is 18.7. The Kier molecular flexibility index (Phi) is 7.20. The molecule has 2 aromatic carbocycles. The van der Waals surface area contributed by atoms with Gasteiger partial charge in [0.15, 0.2) is 5.11 Å². The molecule has 6 nitrogen and oxygen atoms in total. The van der Waals surface area contributed by atoms with Crippen LogP contribution in [0.25, 0.3) is 5.69 Å². The van der Waals surface area contributed by atoms with Crippen LogP contribution in [0.15, 0.2) is 79.1 Å². The number of nitrogens with one attached hydrogen (secondary N) is 2. The number of aryl methyl sites for hydroxylation is 1. The molecule has 0 saturated carbocycles. The highest BCUT2D eigenvalue weighted by Gasteiger charge is 2.42. The van der Waals surface area contributed by atoms with Gasteiger partial charge in [0, 0.05) is 40.9 Å². The van der Waals surface area contributed by atoms with Crippen LogP contribution in [-0.4, -0.2) is 20.6 Å². The Morgan fingerprint density at radius 1 is 1.11 bits per heavy atom. The predicted octanol–water partition coefficient (Wildman–Crippen LogP) is 7.01. The van der Waals surface area contributed by atoms with Gasteiger partial charge in [0.05, 0.1) is 22.4 Å². The number of amides is 1. The zero-order chi connectivity index (χ0) is 26.1. The maximum absolute atomic E-state index is 12.0. The molecule has 1 fully saturated rings. The fourth-order valence-electron chi connectivity index (χ4n) is 4.64. The molecule has 4 aromatic rings. The highest BCUT2D eigenvalue weighted by Crippen LogP contribution is 2.43. The van der Waals surface area contributed by atoms with Gasteiger partial charge in [0.1, 0.15) is 6.04 Å². The number of rotatable bonds is 6. The predicted molar refractivity (Wildman–Crippen MR) is 154 cm³/mol. The van der Waals surface area contributed by atoms with E-state index in [4.69, 9.17) is 35.4 Å². The van der Waals surface area contributed by atoms with Crippen LogP contribution in [0.4, 0.5) is 11.4 Å². The van der Waals surface area contributed by atoms with Gasteiger partial charge < -0.3 is 20.1 Å². The Bertz CT molecular complexity index is 1470. The van der Waals surface area contributed by atoms with E-state index in [2.05, 4.69) is 31.2 Å². The highest BCUT2D eigenvalue weighted by molar-refractivity contribution is 7.80. The number of benzene rings is 2. The Balaban J connectivity index is 1.63. The molecule has 0 bridgehead atoms. The van der Waals surface area contributed by atoms with Gasteiger partial charge in [0.2, 0.25) is 5.91 Å². The second kappa shape index (κ2) is 10.5. The number of carbonyl (C=O) groups is 1. The normalized spacial score (nSPS) is 17.1. The Labute approximate surface area is 231 Å². The lowest BCUT2D eigenvalue weighted by molar-refractivity contribution is -0.115. The van der Waals surface area contributed by atoms with Crippen LogP contribution in [0, 0.1) is 6.92 Å². The van der Waals surface area contributed by atoms with E-state index < -0.39 is 0 Å². The number of hydrogen-bond acceptors (Lipinski definition) is 3. The third-order valence-corrected chi connectivity index (χ3v) is 7.29. The second-order valence-electron chi connectivity index (χ2n) is 8.80.